The molecule has 0 bridgehead atoms. The summed E-state index contributed by atoms with van der Waals surface area (Å²) in [5, 5.41) is 11.9. The molecule has 19 heavy (non-hydrogen) atoms. The Kier molecular flexibility index (Phi) is 3.66. The van der Waals surface area contributed by atoms with Crippen molar-refractivity contribution >= 4 is 17.3 Å². The van der Waals surface area contributed by atoms with Gasteiger partial charge in [0.15, 0.2) is 0 Å². The third-order valence-electron chi connectivity index (χ3n) is 3.19. The van der Waals surface area contributed by atoms with Crippen molar-refractivity contribution in [1.82, 2.24) is 9.97 Å². The van der Waals surface area contributed by atoms with E-state index in [2.05, 4.69) is 16.9 Å². The number of aliphatic carboxylic acids is 1. The molecule has 2 heterocycles. The van der Waals surface area contributed by atoms with Crippen LogP contribution in [0.5, 0.6) is 0 Å². The Labute approximate surface area is 116 Å². The minimum absolute atomic E-state index is 0.596. The van der Waals surface area contributed by atoms with Crippen LogP contribution in [0.4, 0.5) is 0 Å². The quantitative estimate of drug-likeness (QED) is 0.931. The molecule has 0 atom stereocenters. The first-order chi connectivity index (χ1) is 8.96. The fraction of sp³-hybridized carbons (Fsp3) is 0.357. The van der Waals surface area contributed by atoms with Crippen LogP contribution in [0, 0.1) is 0 Å². The van der Waals surface area contributed by atoms with Crippen LogP contribution >= 0.6 is 11.3 Å². The molecule has 2 rings (SSSR count). The summed E-state index contributed by atoms with van der Waals surface area (Å²) in [6.45, 7) is 5.40. The fourth-order valence-electron chi connectivity index (χ4n) is 1.71. The molecule has 5 heteroatoms. The summed E-state index contributed by atoms with van der Waals surface area (Å²) in [4.78, 5) is 19.8. The van der Waals surface area contributed by atoms with Crippen LogP contribution in [0.3, 0.4) is 0 Å². The van der Waals surface area contributed by atoms with E-state index in [0.717, 1.165) is 22.6 Å². The van der Waals surface area contributed by atoms with Gasteiger partial charge in [-0.1, -0.05) is 6.92 Å². The molecule has 0 spiro atoms. The number of aryl methyl sites for hydroxylation is 1. The Hall–Kier alpha value is -1.75. The summed E-state index contributed by atoms with van der Waals surface area (Å²) in [6, 6.07) is 1.93. The molecular formula is C14H16N2O2S. The highest BCUT2D eigenvalue weighted by molar-refractivity contribution is 7.13. The molecule has 0 unspecified atom stereocenters. The number of pyridine rings is 1. The average molecular weight is 276 g/mol. The molecule has 4 nitrogen and oxygen atoms in total. The number of thiazole rings is 1. The second kappa shape index (κ2) is 5.09. The number of aromatic nitrogens is 2. The number of carbonyl (C=O) groups is 1. The van der Waals surface area contributed by atoms with Crippen LogP contribution in [0.15, 0.2) is 23.8 Å². The van der Waals surface area contributed by atoms with Crippen molar-refractivity contribution in [1.29, 1.82) is 0 Å². The lowest BCUT2D eigenvalue weighted by Crippen LogP contribution is -2.28. The summed E-state index contributed by atoms with van der Waals surface area (Å²) in [6.07, 6.45) is 4.44. The van der Waals surface area contributed by atoms with Crippen LogP contribution in [-0.2, 0) is 16.6 Å². The van der Waals surface area contributed by atoms with E-state index in [4.69, 9.17) is 0 Å². The van der Waals surface area contributed by atoms with E-state index < -0.39 is 11.4 Å². The van der Waals surface area contributed by atoms with Crippen molar-refractivity contribution in [2.45, 2.75) is 32.6 Å². The van der Waals surface area contributed by atoms with E-state index >= 15 is 0 Å². The van der Waals surface area contributed by atoms with Crippen molar-refractivity contribution < 1.29 is 9.90 Å². The fourth-order valence-corrected chi connectivity index (χ4v) is 2.76. The number of rotatable bonds is 4. The number of carboxylic acid groups (broad SMARTS) is 1. The highest BCUT2D eigenvalue weighted by Gasteiger charge is 2.32. The van der Waals surface area contributed by atoms with Gasteiger partial charge < -0.3 is 5.11 Å². The molecule has 0 saturated carbocycles. The van der Waals surface area contributed by atoms with Crippen LogP contribution in [0.2, 0.25) is 0 Å². The number of hydrogen-bond acceptors (Lipinski definition) is 4. The van der Waals surface area contributed by atoms with Crippen LogP contribution in [0.1, 0.15) is 32.0 Å². The molecule has 0 fully saturated rings. The molecule has 0 radical (unpaired) electrons. The van der Waals surface area contributed by atoms with E-state index in [-0.39, 0.29) is 0 Å². The average Bonchev–Trinajstić information content (AvgIpc) is 2.88. The highest BCUT2D eigenvalue weighted by atomic mass is 32.1. The van der Waals surface area contributed by atoms with Gasteiger partial charge in [-0.15, -0.1) is 11.3 Å². The van der Waals surface area contributed by atoms with Gasteiger partial charge in [0.05, 0.1) is 5.69 Å². The van der Waals surface area contributed by atoms with Gasteiger partial charge in [0.1, 0.15) is 10.4 Å². The van der Waals surface area contributed by atoms with Gasteiger partial charge in [-0.3, -0.25) is 9.78 Å². The number of carboxylic acids is 1. The Morgan fingerprint density at radius 1 is 1.47 bits per heavy atom. The topological polar surface area (TPSA) is 63.1 Å². The standard InChI is InChI=1S/C14H16N2O2S/c1-4-9-7-15-6-5-10(9)12-16-11(8-19-12)14(2,3)13(17)18/h5-8H,4H2,1-3H3,(H,17,18). The van der Waals surface area contributed by atoms with E-state index in [1.807, 2.05) is 17.6 Å². The first-order valence-electron chi connectivity index (χ1n) is 6.09. The normalized spacial score (nSPS) is 11.5. The first kappa shape index (κ1) is 13.7. The Morgan fingerprint density at radius 2 is 2.21 bits per heavy atom. The van der Waals surface area contributed by atoms with Crippen LogP contribution < -0.4 is 0 Å². The van der Waals surface area contributed by atoms with Crippen molar-refractivity contribution in [3.8, 4) is 10.6 Å². The summed E-state index contributed by atoms with van der Waals surface area (Å²) >= 11 is 1.47. The Morgan fingerprint density at radius 3 is 2.84 bits per heavy atom. The van der Waals surface area contributed by atoms with Gasteiger partial charge >= 0.3 is 5.97 Å². The molecule has 1 N–H and O–H groups in total. The summed E-state index contributed by atoms with van der Waals surface area (Å²) in [5.41, 5.74) is 1.79. The van der Waals surface area contributed by atoms with Gasteiger partial charge in [0.2, 0.25) is 0 Å². The van der Waals surface area contributed by atoms with E-state index in [1.165, 1.54) is 11.3 Å². The summed E-state index contributed by atoms with van der Waals surface area (Å²) in [7, 11) is 0. The number of nitrogens with zero attached hydrogens (tertiary/aromatic N) is 2. The van der Waals surface area contributed by atoms with Crippen molar-refractivity contribution in [3.05, 3.63) is 35.1 Å². The maximum Gasteiger partial charge on any atom is 0.315 e. The monoisotopic (exact) mass is 276 g/mol. The zero-order valence-corrected chi connectivity index (χ0v) is 12.0. The van der Waals surface area contributed by atoms with Gasteiger partial charge in [0.25, 0.3) is 0 Å². The van der Waals surface area contributed by atoms with E-state index in [9.17, 15) is 9.90 Å². The molecule has 0 aliphatic heterocycles. The SMILES string of the molecule is CCc1cnccc1-c1nc(C(C)(C)C(=O)O)cs1. The van der Waals surface area contributed by atoms with Crippen molar-refractivity contribution in [2.24, 2.45) is 0 Å². The van der Waals surface area contributed by atoms with E-state index in [1.54, 1.807) is 20.0 Å². The second-order valence-corrected chi connectivity index (χ2v) is 5.71. The van der Waals surface area contributed by atoms with Crippen LogP contribution in [-0.4, -0.2) is 21.0 Å². The first-order valence-corrected chi connectivity index (χ1v) is 6.97. The Balaban J connectivity index is 2.44. The lowest BCUT2D eigenvalue weighted by Gasteiger charge is -2.15. The van der Waals surface area contributed by atoms with E-state index in [0.29, 0.717) is 5.69 Å². The minimum Gasteiger partial charge on any atom is -0.481 e. The molecule has 0 saturated heterocycles. The summed E-state index contributed by atoms with van der Waals surface area (Å²) < 4.78 is 0. The molecule has 2 aromatic rings. The lowest BCUT2D eigenvalue weighted by molar-refractivity contribution is -0.142. The molecule has 0 aromatic carbocycles. The third kappa shape index (κ3) is 2.51. The molecule has 100 valence electrons. The van der Waals surface area contributed by atoms with Crippen molar-refractivity contribution in [3.63, 3.8) is 0 Å². The predicted molar refractivity (Wildman–Crippen MR) is 75.4 cm³/mol. The third-order valence-corrected chi connectivity index (χ3v) is 4.07. The Bertz CT molecular complexity index is 605. The smallest absolute Gasteiger partial charge is 0.315 e. The predicted octanol–water partition coefficient (Wildman–Crippen LogP) is 3.13. The zero-order valence-electron chi connectivity index (χ0n) is 11.2. The molecule has 0 aliphatic rings. The molecular weight excluding hydrogens is 260 g/mol. The van der Waals surface area contributed by atoms with Gasteiger partial charge in [0, 0.05) is 23.3 Å². The largest absolute Gasteiger partial charge is 0.481 e. The number of hydrogen-bond donors (Lipinski definition) is 1. The van der Waals surface area contributed by atoms with Gasteiger partial charge in [-0.2, -0.15) is 0 Å². The summed E-state index contributed by atoms with van der Waals surface area (Å²) in [5.74, 6) is -0.866. The lowest BCUT2D eigenvalue weighted by atomic mass is 9.90. The molecule has 0 amide bonds. The van der Waals surface area contributed by atoms with Gasteiger partial charge in [-0.05, 0) is 31.9 Å². The van der Waals surface area contributed by atoms with Crippen molar-refractivity contribution in [2.75, 3.05) is 0 Å². The molecule has 0 aliphatic carbocycles. The maximum atomic E-state index is 11.2. The molecule has 2 aromatic heterocycles. The van der Waals surface area contributed by atoms with Gasteiger partial charge in [-0.25, -0.2) is 4.98 Å². The zero-order chi connectivity index (χ0) is 14.0. The van der Waals surface area contributed by atoms with Crippen LogP contribution in [0.25, 0.3) is 10.6 Å². The highest BCUT2D eigenvalue weighted by Crippen LogP contribution is 2.31. The minimum atomic E-state index is -0.964. The second-order valence-electron chi connectivity index (χ2n) is 4.85. The maximum absolute atomic E-state index is 11.2.